The van der Waals surface area contributed by atoms with Crippen molar-refractivity contribution in [3.8, 4) is 0 Å². The van der Waals surface area contributed by atoms with Crippen LogP contribution in [0.4, 0.5) is 0 Å². The molecule has 3 rings (SSSR count). The third kappa shape index (κ3) is 1.65. The Morgan fingerprint density at radius 3 is 2.47 bits per heavy atom. The van der Waals surface area contributed by atoms with E-state index >= 15 is 0 Å². The van der Waals surface area contributed by atoms with Crippen LogP contribution in [0, 0.1) is 35.5 Å². The van der Waals surface area contributed by atoms with Crippen LogP contribution in [0.1, 0.15) is 58.8 Å². The Kier molecular flexibility index (Phi) is 2.57. The van der Waals surface area contributed by atoms with Crippen molar-refractivity contribution in [3.05, 3.63) is 0 Å². The molecule has 0 heterocycles. The summed E-state index contributed by atoms with van der Waals surface area (Å²) >= 11 is 0. The molecule has 0 bridgehead atoms. The average Bonchev–Trinajstić information content (AvgIpc) is 2.54. The normalized spacial score (nSPS) is 54.8. The van der Waals surface area contributed by atoms with Crippen molar-refractivity contribution in [2.24, 2.45) is 35.5 Å². The maximum Gasteiger partial charge on any atom is -0.0329 e. The molecule has 0 nitrogen and oxygen atoms in total. The first-order valence-electron chi connectivity index (χ1n) is 7.25. The van der Waals surface area contributed by atoms with Gasteiger partial charge in [-0.15, -0.1) is 0 Å². The van der Waals surface area contributed by atoms with Gasteiger partial charge in [-0.25, -0.2) is 0 Å². The van der Waals surface area contributed by atoms with Gasteiger partial charge in [-0.2, -0.15) is 0 Å². The van der Waals surface area contributed by atoms with E-state index in [-0.39, 0.29) is 0 Å². The zero-order chi connectivity index (χ0) is 10.4. The summed E-state index contributed by atoms with van der Waals surface area (Å²) in [6, 6.07) is 0. The van der Waals surface area contributed by atoms with Crippen LogP contribution in [-0.4, -0.2) is 0 Å². The van der Waals surface area contributed by atoms with E-state index in [1.165, 1.54) is 19.3 Å². The molecule has 0 N–H and O–H groups in total. The average molecular weight is 206 g/mol. The zero-order valence-electron chi connectivity index (χ0n) is 10.4. The predicted octanol–water partition coefficient (Wildman–Crippen LogP) is 4.49. The van der Waals surface area contributed by atoms with Crippen LogP contribution >= 0.6 is 0 Å². The van der Waals surface area contributed by atoms with Crippen molar-refractivity contribution in [3.63, 3.8) is 0 Å². The van der Waals surface area contributed by atoms with Gasteiger partial charge in [0.05, 0.1) is 0 Å². The van der Waals surface area contributed by atoms with Gasteiger partial charge in [0.15, 0.2) is 0 Å². The number of hydrogen-bond donors (Lipinski definition) is 0. The fraction of sp³-hybridized carbons (Fsp3) is 1.00. The van der Waals surface area contributed by atoms with Crippen LogP contribution in [0.5, 0.6) is 0 Å². The van der Waals surface area contributed by atoms with Crippen molar-refractivity contribution in [1.82, 2.24) is 0 Å². The molecule has 0 aromatic heterocycles. The summed E-state index contributed by atoms with van der Waals surface area (Å²) in [5, 5.41) is 0. The molecule has 86 valence electrons. The molecule has 0 radical (unpaired) electrons. The third-order valence-corrected chi connectivity index (χ3v) is 5.75. The summed E-state index contributed by atoms with van der Waals surface area (Å²) in [6.45, 7) is 5.03. The van der Waals surface area contributed by atoms with E-state index in [9.17, 15) is 0 Å². The minimum atomic E-state index is 1.02. The molecule has 0 aromatic rings. The zero-order valence-corrected chi connectivity index (χ0v) is 10.4. The summed E-state index contributed by atoms with van der Waals surface area (Å²) in [6.07, 6.45) is 10.9. The molecule has 0 aliphatic heterocycles. The van der Waals surface area contributed by atoms with E-state index in [2.05, 4.69) is 13.8 Å². The first-order valence-corrected chi connectivity index (χ1v) is 7.25. The summed E-state index contributed by atoms with van der Waals surface area (Å²) in [4.78, 5) is 0. The highest BCUT2D eigenvalue weighted by molar-refractivity contribution is 4.97. The summed E-state index contributed by atoms with van der Waals surface area (Å²) in [5.41, 5.74) is 0. The lowest BCUT2D eigenvalue weighted by atomic mass is 9.66. The second-order valence-electron chi connectivity index (χ2n) is 6.84. The molecule has 6 atom stereocenters. The lowest BCUT2D eigenvalue weighted by Crippen LogP contribution is -2.31. The molecular formula is C15H26. The number of hydrogen-bond acceptors (Lipinski definition) is 0. The quantitative estimate of drug-likeness (QED) is 0.547. The van der Waals surface area contributed by atoms with Gasteiger partial charge in [0.2, 0.25) is 0 Å². The lowest BCUT2D eigenvalue weighted by Gasteiger charge is -2.39. The number of fused-ring (bicyclic) bond motifs is 3. The molecule has 0 spiro atoms. The Bertz CT molecular complexity index is 232. The van der Waals surface area contributed by atoms with E-state index in [1.807, 2.05) is 0 Å². The Morgan fingerprint density at radius 1 is 0.800 bits per heavy atom. The lowest BCUT2D eigenvalue weighted by molar-refractivity contribution is 0.101. The van der Waals surface area contributed by atoms with Gasteiger partial charge in [0.25, 0.3) is 0 Å². The largest absolute Gasteiger partial charge is 0.0625 e. The molecule has 0 amide bonds. The first kappa shape index (κ1) is 10.2. The molecule has 3 aliphatic rings. The summed E-state index contributed by atoms with van der Waals surface area (Å²) in [5.74, 6) is 6.59. The smallest absolute Gasteiger partial charge is 0.0329 e. The van der Waals surface area contributed by atoms with Gasteiger partial charge in [0.1, 0.15) is 0 Å². The molecule has 3 fully saturated rings. The van der Waals surface area contributed by atoms with E-state index in [0.29, 0.717) is 0 Å². The van der Waals surface area contributed by atoms with Crippen LogP contribution in [0.3, 0.4) is 0 Å². The fourth-order valence-electron chi connectivity index (χ4n) is 5.48. The maximum atomic E-state index is 2.55. The highest BCUT2D eigenvalue weighted by Gasteiger charge is 2.48. The van der Waals surface area contributed by atoms with Gasteiger partial charge in [-0.3, -0.25) is 0 Å². The summed E-state index contributed by atoms with van der Waals surface area (Å²) in [7, 11) is 0. The van der Waals surface area contributed by atoms with Gasteiger partial charge in [-0.05, 0) is 61.2 Å². The SMILES string of the molecule is CC1CC(C)C2C(C1)CC1CCCCC12. The van der Waals surface area contributed by atoms with Gasteiger partial charge >= 0.3 is 0 Å². The van der Waals surface area contributed by atoms with Crippen molar-refractivity contribution < 1.29 is 0 Å². The van der Waals surface area contributed by atoms with Crippen molar-refractivity contribution >= 4 is 0 Å². The minimum Gasteiger partial charge on any atom is -0.0625 e. The molecule has 0 saturated heterocycles. The van der Waals surface area contributed by atoms with E-state index in [1.54, 1.807) is 25.7 Å². The van der Waals surface area contributed by atoms with Crippen molar-refractivity contribution in [1.29, 1.82) is 0 Å². The standard InChI is InChI=1S/C15H26/c1-10-7-11(2)15-13(8-10)9-12-5-3-4-6-14(12)15/h10-15H,3-9H2,1-2H3. The molecule has 6 unspecified atom stereocenters. The van der Waals surface area contributed by atoms with E-state index < -0.39 is 0 Å². The molecule has 0 aromatic carbocycles. The topological polar surface area (TPSA) is 0 Å². The second-order valence-corrected chi connectivity index (χ2v) is 6.84. The highest BCUT2D eigenvalue weighted by atomic mass is 14.5. The minimum absolute atomic E-state index is 1.02. The molecular weight excluding hydrogens is 180 g/mol. The van der Waals surface area contributed by atoms with E-state index in [4.69, 9.17) is 0 Å². The Hall–Kier alpha value is 0. The van der Waals surface area contributed by atoms with Crippen LogP contribution < -0.4 is 0 Å². The second kappa shape index (κ2) is 3.79. The maximum absolute atomic E-state index is 2.55. The van der Waals surface area contributed by atoms with Crippen LogP contribution in [-0.2, 0) is 0 Å². The monoisotopic (exact) mass is 206 g/mol. The molecule has 3 aliphatic carbocycles. The summed E-state index contributed by atoms with van der Waals surface area (Å²) < 4.78 is 0. The highest BCUT2D eigenvalue weighted by Crippen LogP contribution is 2.56. The van der Waals surface area contributed by atoms with Crippen LogP contribution in [0.2, 0.25) is 0 Å². The van der Waals surface area contributed by atoms with Gasteiger partial charge < -0.3 is 0 Å². The van der Waals surface area contributed by atoms with Gasteiger partial charge in [0, 0.05) is 0 Å². The fourth-order valence-corrected chi connectivity index (χ4v) is 5.48. The van der Waals surface area contributed by atoms with Crippen LogP contribution in [0.15, 0.2) is 0 Å². The first-order chi connectivity index (χ1) is 7.25. The molecule has 3 saturated carbocycles. The predicted molar refractivity (Wildman–Crippen MR) is 64.6 cm³/mol. The third-order valence-electron chi connectivity index (χ3n) is 5.75. The Morgan fingerprint density at radius 2 is 1.60 bits per heavy atom. The van der Waals surface area contributed by atoms with Crippen LogP contribution in [0.25, 0.3) is 0 Å². The number of rotatable bonds is 0. The molecule has 0 heteroatoms. The van der Waals surface area contributed by atoms with Gasteiger partial charge in [-0.1, -0.05) is 33.1 Å². The Labute approximate surface area is 94.8 Å². The van der Waals surface area contributed by atoms with Crippen molar-refractivity contribution in [2.45, 2.75) is 58.8 Å². The Balaban J connectivity index is 1.79. The van der Waals surface area contributed by atoms with Crippen molar-refractivity contribution in [2.75, 3.05) is 0 Å². The van der Waals surface area contributed by atoms with E-state index in [0.717, 1.165) is 35.5 Å². The molecule has 15 heavy (non-hydrogen) atoms.